The Morgan fingerprint density at radius 3 is 2.44 bits per heavy atom. The highest BCUT2D eigenvalue weighted by molar-refractivity contribution is 6.03. The third kappa shape index (κ3) is 5.94. The Morgan fingerprint density at radius 1 is 1.15 bits per heavy atom. The molecule has 0 saturated carbocycles. The number of unbranched alkanes of at least 4 members (excludes halogenated alkanes) is 3. The molecule has 154 valence electrons. The molecule has 2 heterocycles. The normalized spacial score (nSPS) is 23.4. The minimum absolute atomic E-state index is 0.00393. The molecule has 4 amide bonds. The topological polar surface area (TPSA) is 69.7 Å². The molecular formula is C21H37N3O3. The van der Waals surface area contributed by atoms with Crippen LogP contribution in [0.5, 0.6) is 0 Å². The average Bonchev–Trinajstić information content (AvgIpc) is 3.19. The third-order valence-corrected chi connectivity index (χ3v) is 6.02. The second-order valence-electron chi connectivity index (χ2n) is 9.16. The maximum absolute atomic E-state index is 12.4. The number of likely N-dealkylation sites (tertiary alicyclic amines) is 2. The van der Waals surface area contributed by atoms with Gasteiger partial charge in [0.1, 0.15) is 0 Å². The summed E-state index contributed by atoms with van der Waals surface area (Å²) in [4.78, 5) is 40.0. The highest BCUT2D eigenvalue weighted by atomic mass is 16.2. The zero-order chi connectivity index (χ0) is 20.0. The number of amides is 4. The van der Waals surface area contributed by atoms with E-state index in [-0.39, 0.29) is 29.2 Å². The average molecular weight is 380 g/mol. The summed E-state index contributed by atoms with van der Waals surface area (Å²) in [5.41, 5.74) is -0.161. The van der Waals surface area contributed by atoms with Gasteiger partial charge in [0.2, 0.25) is 11.8 Å². The second-order valence-corrected chi connectivity index (χ2v) is 9.16. The molecule has 2 fully saturated rings. The molecule has 0 aromatic heterocycles. The molecule has 6 heteroatoms. The molecule has 0 aliphatic carbocycles. The van der Waals surface area contributed by atoms with E-state index in [4.69, 9.17) is 0 Å². The molecule has 2 aliphatic rings. The number of imide groups is 1. The number of nitrogens with one attached hydrogen (secondary N) is 1. The number of rotatable bonds is 8. The Morgan fingerprint density at radius 2 is 1.85 bits per heavy atom. The Hall–Kier alpha value is -1.59. The van der Waals surface area contributed by atoms with Crippen LogP contribution in [0.3, 0.4) is 0 Å². The van der Waals surface area contributed by atoms with E-state index in [2.05, 4.69) is 12.2 Å². The van der Waals surface area contributed by atoms with Crippen molar-refractivity contribution in [1.82, 2.24) is 15.1 Å². The van der Waals surface area contributed by atoms with Crippen LogP contribution in [-0.4, -0.2) is 53.8 Å². The molecule has 0 radical (unpaired) electrons. The fraction of sp³-hybridized carbons (Fsp3) is 0.857. The van der Waals surface area contributed by atoms with Gasteiger partial charge in [-0.25, -0.2) is 4.79 Å². The lowest BCUT2D eigenvalue weighted by Gasteiger charge is -2.24. The van der Waals surface area contributed by atoms with E-state index in [0.29, 0.717) is 25.4 Å². The lowest BCUT2D eigenvalue weighted by atomic mass is 9.80. The van der Waals surface area contributed by atoms with E-state index >= 15 is 0 Å². The number of carbonyl (C=O) groups is 3. The lowest BCUT2D eigenvalue weighted by Crippen LogP contribution is -2.38. The van der Waals surface area contributed by atoms with E-state index in [1.165, 1.54) is 4.90 Å². The zero-order valence-corrected chi connectivity index (χ0v) is 17.6. The highest BCUT2D eigenvalue weighted by Crippen LogP contribution is 2.35. The number of carbonyl (C=O) groups excluding carboxylic acids is 3. The van der Waals surface area contributed by atoms with E-state index in [1.807, 2.05) is 25.7 Å². The minimum atomic E-state index is -0.182. The summed E-state index contributed by atoms with van der Waals surface area (Å²) in [7, 11) is 0. The molecule has 2 aliphatic heterocycles. The highest BCUT2D eigenvalue weighted by Gasteiger charge is 2.44. The van der Waals surface area contributed by atoms with Gasteiger partial charge >= 0.3 is 6.03 Å². The minimum Gasteiger partial charge on any atom is -0.338 e. The summed E-state index contributed by atoms with van der Waals surface area (Å²) < 4.78 is 0. The van der Waals surface area contributed by atoms with E-state index < -0.39 is 0 Å². The second kappa shape index (κ2) is 9.56. The molecule has 0 aromatic rings. The van der Waals surface area contributed by atoms with Gasteiger partial charge in [-0.1, -0.05) is 47.0 Å². The molecule has 2 saturated heterocycles. The van der Waals surface area contributed by atoms with Gasteiger partial charge in [0.05, 0.1) is 5.92 Å². The van der Waals surface area contributed by atoms with Crippen LogP contribution in [0.15, 0.2) is 0 Å². The van der Waals surface area contributed by atoms with E-state index in [9.17, 15) is 14.4 Å². The zero-order valence-electron chi connectivity index (χ0n) is 17.6. The van der Waals surface area contributed by atoms with Crippen LogP contribution in [0.2, 0.25) is 0 Å². The number of urea groups is 1. The SMILES string of the molecule is CCC1CCN(C(=O)NCCCCCCN2C(=O)CC(C(C)(C)C)C2=O)C1. The summed E-state index contributed by atoms with van der Waals surface area (Å²) in [6.07, 6.45) is 6.35. The van der Waals surface area contributed by atoms with Crippen molar-refractivity contribution >= 4 is 17.8 Å². The van der Waals surface area contributed by atoms with Crippen LogP contribution in [0, 0.1) is 17.3 Å². The standard InChI is InChI=1S/C21H37N3O3/c1-5-16-10-13-23(15-16)20(27)22-11-8-6-7-9-12-24-18(25)14-17(19(24)26)21(2,3)4/h16-17H,5-15H2,1-4H3,(H,22,27). The van der Waals surface area contributed by atoms with Crippen molar-refractivity contribution in [3.05, 3.63) is 0 Å². The summed E-state index contributed by atoms with van der Waals surface area (Å²) in [5, 5.41) is 3.01. The van der Waals surface area contributed by atoms with Crippen LogP contribution in [0.4, 0.5) is 4.79 Å². The molecular weight excluding hydrogens is 342 g/mol. The Labute approximate surface area is 164 Å². The molecule has 1 N–H and O–H groups in total. The molecule has 0 aromatic carbocycles. The third-order valence-electron chi connectivity index (χ3n) is 6.02. The fourth-order valence-corrected chi connectivity index (χ4v) is 4.00. The molecule has 6 nitrogen and oxygen atoms in total. The van der Waals surface area contributed by atoms with Crippen molar-refractivity contribution in [2.45, 2.75) is 72.6 Å². The van der Waals surface area contributed by atoms with Gasteiger partial charge in [-0.2, -0.15) is 0 Å². The Bertz CT molecular complexity index is 541. The van der Waals surface area contributed by atoms with Crippen LogP contribution in [-0.2, 0) is 9.59 Å². The molecule has 0 spiro atoms. The summed E-state index contributed by atoms with van der Waals surface area (Å²) >= 11 is 0. The molecule has 0 bridgehead atoms. The molecule has 2 unspecified atom stereocenters. The quantitative estimate of drug-likeness (QED) is 0.519. The number of nitrogens with zero attached hydrogens (tertiary/aromatic N) is 2. The molecule has 2 atom stereocenters. The lowest BCUT2D eigenvalue weighted by molar-refractivity contribution is -0.140. The number of hydrogen-bond acceptors (Lipinski definition) is 3. The fourth-order valence-electron chi connectivity index (χ4n) is 4.00. The predicted octanol–water partition coefficient (Wildman–Crippen LogP) is 3.41. The summed E-state index contributed by atoms with van der Waals surface area (Å²) in [6, 6.07) is 0.0624. The van der Waals surface area contributed by atoms with E-state index in [0.717, 1.165) is 51.6 Å². The number of hydrogen-bond donors (Lipinski definition) is 1. The van der Waals surface area contributed by atoms with Gasteiger partial charge in [0.25, 0.3) is 0 Å². The monoisotopic (exact) mass is 379 g/mol. The maximum atomic E-state index is 12.4. The first-order valence-electron chi connectivity index (χ1n) is 10.6. The van der Waals surface area contributed by atoms with Crippen molar-refractivity contribution in [3.63, 3.8) is 0 Å². The van der Waals surface area contributed by atoms with Crippen molar-refractivity contribution in [2.24, 2.45) is 17.3 Å². The van der Waals surface area contributed by atoms with Gasteiger partial charge in [-0.05, 0) is 30.6 Å². The van der Waals surface area contributed by atoms with E-state index in [1.54, 1.807) is 0 Å². The van der Waals surface area contributed by atoms with Gasteiger partial charge < -0.3 is 10.2 Å². The smallest absolute Gasteiger partial charge is 0.317 e. The van der Waals surface area contributed by atoms with Crippen molar-refractivity contribution in [1.29, 1.82) is 0 Å². The van der Waals surface area contributed by atoms with Gasteiger partial charge in [-0.3, -0.25) is 14.5 Å². The van der Waals surface area contributed by atoms with Crippen molar-refractivity contribution in [3.8, 4) is 0 Å². The first-order valence-corrected chi connectivity index (χ1v) is 10.6. The van der Waals surface area contributed by atoms with Crippen LogP contribution in [0.1, 0.15) is 72.6 Å². The summed E-state index contributed by atoms with van der Waals surface area (Å²) in [6.45, 7) is 11.2. The van der Waals surface area contributed by atoms with Crippen LogP contribution in [0.25, 0.3) is 0 Å². The van der Waals surface area contributed by atoms with Gasteiger partial charge in [0.15, 0.2) is 0 Å². The maximum Gasteiger partial charge on any atom is 0.317 e. The summed E-state index contributed by atoms with van der Waals surface area (Å²) in [5.74, 6) is 0.446. The first-order chi connectivity index (χ1) is 12.7. The Kier molecular flexibility index (Phi) is 7.68. The van der Waals surface area contributed by atoms with Crippen LogP contribution < -0.4 is 5.32 Å². The predicted molar refractivity (Wildman–Crippen MR) is 106 cm³/mol. The first kappa shape index (κ1) is 21.7. The largest absolute Gasteiger partial charge is 0.338 e. The molecule has 2 rings (SSSR count). The van der Waals surface area contributed by atoms with Gasteiger partial charge in [0, 0.05) is 32.6 Å². The van der Waals surface area contributed by atoms with Crippen molar-refractivity contribution in [2.75, 3.05) is 26.2 Å². The van der Waals surface area contributed by atoms with Crippen LogP contribution >= 0.6 is 0 Å². The molecule has 27 heavy (non-hydrogen) atoms. The van der Waals surface area contributed by atoms with Gasteiger partial charge in [-0.15, -0.1) is 0 Å². The van der Waals surface area contributed by atoms with Crippen molar-refractivity contribution < 1.29 is 14.4 Å². The Balaban J connectivity index is 1.55.